The Morgan fingerprint density at radius 2 is 2.00 bits per heavy atom. The van der Waals surface area contributed by atoms with E-state index in [1.54, 1.807) is 0 Å². The largest absolute Gasteiger partial charge is 0.295 e. The summed E-state index contributed by atoms with van der Waals surface area (Å²) in [4.78, 5) is 11.2. The predicted molar refractivity (Wildman–Crippen MR) is 76.7 cm³/mol. The smallest absolute Gasteiger partial charge is 0.155 e. The summed E-state index contributed by atoms with van der Waals surface area (Å²) in [7, 11) is -0.988. The van der Waals surface area contributed by atoms with Gasteiger partial charge in [-0.25, -0.2) is 0 Å². The lowest BCUT2D eigenvalue weighted by Crippen LogP contribution is -2.17. The summed E-state index contributed by atoms with van der Waals surface area (Å²) in [6.07, 6.45) is 7.93. The summed E-state index contributed by atoms with van der Waals surface area (Å²) in [5.41, 5.74) is 1.34. The highest BCUT2D eigenvalue weighted by Gasteiger charge is 2.10. The summed E-state index contributed by atoms with van der Waals surface area (Å²) < 4.78 is 0. The number of carbonyl (C=O) groups is 1. The quantitative estimate of drug-likeness (QED) is 0.414. The van der Waals surface area contributed by atoms with Crippen LogP contribution in [0.5, 0.6) is 0 Å². The molecule has 1 rings (SSSR count). The molecule has 0 bridgehead atoms. The van der Waals surface area contributed by atoms with E-state index in [-0.39, 0.29) is 0 Å². The molecule has 0 saturated carbocycles. The van der Waals surface area contributed by atoms with Crippen LogP contribution in [0.4, 0.5) is 0 Å². The van der Waals surface area contributed by atoms with Gasteiger partial charge in [0.15, 0.2) is 5.78 Å². The molecular weight excluding hydrogens is 224 g/mol. The zero-order chi connectivity index (χ0) is 12.7. The Morgan fingerprint density at radius 3 is 2.65 bits per heavy atom. The zero-order valence-corrected chi connectivity index (χ0v) is 12.4. The van der Waals surface area contributed by atoms with Gasteiger partial charge in [-0.3, -0.25) is 4.79 Å². The van der Waals surface area contributed by atoms with E-state index in [0.717, 1.165) is 44.6 Å². The SMILES string of the molecule is C[Si](C)(C)CC#CCCCC1=CC(=O)CCC1. The van der Waals surface area contributed by atoms with Gasteiger partial charge in [0.25, 0.3) is 0 Å². The van der Waals surface area contributed by atoms with Crippen molar-refractivity contribution < 1.29 is 4.79 Å². The van der Waals surface area contributed by atoms with Gasteiger partial charge in [-0.15, -0.1) is 11.8 Å². The molecule has 0 amide bonds. The van der Waals surface area contributed by atoms with Crippen LogP contribution >= 0.6 is 0 Å². The van der Waals surface area contributed by atoms with Crippen molar-refractivity contribution in [2.24, 2.45) is 0 Å². The highest BCUT2D eigenvalue weighted by atomic mass is 28.3. The fraction of sp³-hybridized carbons (Fsp3) is 0.667. The molecule has 0 saturated heterocycles. The molecule has 17 heavy (non-hydrogen) atoms. The lowest BCUT2D eigenvalue weighted by Gasteiger charge is -2.11. The Balaban J connectivity index is 2.18. The zero-order valence-electron chi connectivity index (χ0n) is 11.4. The average molecular weight is 248 g/mol. The molecule has 1 aliphatic carbocycles. The number of carbonyl (C=O) groups excluding carboxylic acids is 1. The van der Waals surface area contributed by atoms with Gasteiger partial charge in [-0.1, -0.05) is 25.2 Å². The van der Waals surface area contributed by atoms with Crippen LogP contribution in [0.25, 0.3) is 0 Å². The second-order valence-electron chi connectivity index (χ2n) is 6.07. The first-order valence-electron chi connectivity index (χ1n) is 6.65. The van der Waals surface area contributed by atoms with E-state index in [4.69, 9.17) is 0 Å². The fourth-order valence-corrected chi connectivity index (χ4v) is 2.53. The third-order valence-corrected chi connectivity index (χ3v) is 4.07. The summed E-state index contributed by atoms with van der Waals surface area (Å²) in [5, 5.41) is 0. The standard InChI is InChI=1S/C15H24OSi/c1-17(2,3)12-7-5-4-6-9-14-10-8-11-15(16)13-14/h13H,4,6,8-12H2,1-3H3. The van der Waals surface area contributed by atoms with Crippen LogP contribution in [-0.2, 0) is 4.79 Å². The first-order chi connectivity index (χ1) is 7.97. The normalized spacial score (nSPS) is 16.2. The highest BCUT2D eigenvalue weighted by molar-refractivity contribution is 6.76. The van der Waals surface area contributed by atoms with Crippen LogP contribution in [0.1, 0.15) is 38.5 Å². The van der Waals surface area contributed by atoms with Gasteiger partial charge in [-0.05, 0) is 31.8 Å². The second-order valence-corrected chi connectivity index (χ2v) is 11.5. The Morgan fingerprint density at radius 1 is 1.24 bits per heavy atom. The van der Waals surface area contributed by atoms with E-state index in [1.165, 1.54) is 5.57 Å². The molecule has 0 radical (unpaired) electrons. The molecule has 0 aliphatic heterocycles. The van der Waals surface area contributed by atoms with E-state index in [2.05, 4.69) is 31.5 Å². The summed E-state index contributed by atoms with van der Waals surface area (Å²) in [6, 6.07) is 1.11. The average Bonchev–Trinajstić information content (AvgIpc) is 2.22. The van der Waals surface area contributed by atoms with Crippen LogP contribution in [0.3, 0.4) is 0 Å². The number of rotatable bonds is 4. The number of ketones is 1. The maximum atomic E-state index is 11.2. The van der Waals surface area contributed by atoms with Crippen molar-refractivity contribution in [2.75, 3.05) is 0 Å². The molecule has 0 atom stereocenters. The van der Waals surface area contributed by atoms with Crippen molar-refractivity contribution in [3.05, 3.63) is 11.6 Å². The van der Waals surface area contributed by atoms with Crippen molar-refractivity contribution in [3.8, 4) is 11.8 Å². The van der Waals surface area contributed by atoms with Crippen LogP contribution < -0.4 is 0 Å². The van der Waals surface area contributed by atoms with Crippen molar-refractivity contribution in [2.45, 2.75) is 64.2 Å². The molecule has 94 valence electrons. The van der Waals surface area contributed by atoms with Crippen molar-refractivity contribution in [1.82, 2.24) is 0 Å². The molecule has 0 aromatic carbocycles. The fourth-order valence-electron chi connectivity index (χ4n) is 1.88. The second kappa shape index (κ2) is 6.81. The lowest BCUT2D eigenvalue weighted by atomic mass is 9.95. The van der Waals surface area contributed by atoms with Crippen LogP contribution in [0.2, 0.25) is 25.7 Å². The Labute approximate surface area is 107 Å². The third kappa shape index (κ3) is 7.17. The van der Waals surface area contributed by atoms with E-state index < -0.39 is 8.07 Å². The van der Waals surface area contributed by atoms with Crippen molar-refractivity contribution in [3.63, 3.8) is 0 Å². The van der Waals surface area contributed by atoms with Gasteiger partial charge in [0, 0.05) is 18.9 Å². The number of allylic oxidation sites excluding steroid dienone is 2. The molecule has 0 spiro atoms. The van der Waals surface area contributed by atoms with E-state index in [1.807, 2.05) is 6.08 Å². The number of unbranched alkanes of at least 4 members (excludes halogenated alkanes) is 1. The van der Waals surface area contributed by atoms with E-state index in [0.29, 0.717) is 5.78 Å². The first-order valence-corrected chi connectivity index (χ1v) is 10.4. The van der Waals surface area contributed by atoms with Gasteiger partial charge in [0.05, 0.1) is 8.07 Å². The Kier molecular flexibility index (Phi) is 5.71. The predicted octanol–water partition coefficient (Wildman–Crippen LogP) is 4.18. The first kappa shape index (κ1) is 14.2. The molecule has 1 aliphatic rings. The third-order valence-electron chi connectivity index (χ3n) is 2.83. The summed E-state index contributed by atoms with van der Waals surface area (Å²) in [5.74, 6) is 6.88. The molecule has 0 aromatic heterocycles. The summed E-state index contributed by atoms with van der Waals surface area (Å²) in [6.45, 7) is 7.04. The minimum Gasteiger partial charge on any atom is -0.295 e. The number of hydrogen-bond acceptors (Lipinski definition) is 1. The molecule has 0 heterocycles. The van der Waals surface area contributed by atoms with Gasteiger partial charge in [0.1, 0.15) is 0 Å². The van der Waals surface area contributed by atoms with Crippen molar-refractivity contribution >= 4 is 13.9 Å². The van der Waals surface area contributed by atoms with Gasteiger partial charge in [-0.2, -0.15) is 0 Å². The van der Waals surface area contributed by atoms with Crippen LogP contribution in [-0.4, -0.2) is 13.9 Å². The van der Waals surface area contributed by atoms with Gasteiger partial charge < -0.3 is 0 Å². The van der Waals surface area contributed by atoms with Gasteiger partial charge in [0.2, 0.25) is 0 Å². The lowest BCUT2D eigenvalue weighted by molar-refractivity contribution is -0.115. The molecule has 0 aromatic rings. The minimum atomic E-state index is -0.988. The number of hydrogen-bond donors (Lipinski definition) is 0. The van der Waals surface area contributed by atoms with Gasteiger partial charge >= 0.3 is 0 Å². The molecule has 0 fully saturated rings. The maximum absolute atomic E-state index is 11.2. The molecular formula is C15H24OSi. The van der Waals surface area contributed by atoms with E-state index >= 15 is 0 Å². The highest BCUT2D eigenvalue weighted by Crippen LogP contribution is 2.19. The molecule has 2 heteroatoms. The molecule has 0 N–H and O–H groups in total. The molecule has 1 nitrogen and oxygen atoms in total. The summed E-state index contributed by atoms with van der Waals surface area (Å²) >= 11 is 0. The maximum Gasteiger partial charge on any atom is 0.155 e. The van der Waals surface area contributed by atoms with Crippen LogP contribution in [0, 0.1) is 11.8 Å². The Bertz CT molecular complexity index is 349. The van der Waals surface area contributed by atoms with Crippen molar-refractivity contribution in [1.29, 1.82) is 0 Å². The molecule has 0 unspecified atom stereocenters. The van der Waals surface area contributed by atoms with E-state index in [9.17, 15) is 4.79 Å². The monoisotopic (exact) mass is 248 g/mol. The topological polar surface area (TPSA) is 17.1 Å². The Hall–Kier alpha value is -0.813. The minimum absolute atomic E-state index is 0.316. The van der Waals surface area contributed by atoms with Crippen LogP contribution in [0.15, 0.2) is 11.6 Å².